The standard InChI is InChI=1S/C21H24N6OS/c1-15-24-25-20(27(15)3)13-23-21(22-12-18-8-6-10-29-18)26(2)14-17-11-16-7-4-5-9-19(16)28-17/h4-11H,12-14H2,1-3H3,(H,22,23). The summed E-state index contributed by atoms with van der Waals surface area (Å²) >= 11 is 1.72. The van der Waals surface area contributed by atoms with Crippen LogP contribution in [0.2, 0.25) is 0 Å². The molecule has 29 heavy (non-hydrogen) atoms. The van der Waals surface area contributed by atoms with Crippen LogP contribution in [-0.4, -0.2) is 32.7 Å². The molecule has 0 fully saturated rings. The van der Waals surface area contributed by atoms with Crippen molar-refractivity contribution in [3.63, 3.8) is 0 Å². The number of nitrogens with zero attached hydrogens (tertiary/aromatic N) is 5. The van der Waals surface area contributed by atoms with Crippen molar-refractivity contribution in [2.24, 2.45) is 12.0 Å². The lowest BCUT2D eigenvalue weighted by atomic mass is 10.2. The first-order valence-electron chi connectivity index (χ1n) is 9.44. The average molecular weight is 409 g/mol. The summed E-state index contributed by atoms with van der Waals surface area (Å²) in [5.74, 6) is 3.39. The molecule has 0 amide bonds. The molecule has 0 spiro atoms. The van der Waals surface area contributed by atoms with Gasteiger partial charge in [-0.1, -0.05) is 24.3 Å². The first-order chi connectivity index (χ1) is 14.1. The van der Waals surface area contributed by atoms with Gasteiger partial charge in [0.15, 0.2) is 11.8 Å². The summed E-state index contributed by atoms with van der Waals surface area (Å²) < 4.78 is 7.93. The number of hydrogen-bond acceptors (Lipinski definition) is 5. The van der Waals surface area contributed by atoms with Gasteiger partial charge in [0.2, 0.25) is 0 Å². The quantitative estimate of drug-likeness (QED) is 0.389. The minimum Gasteiger partial charge on any atom is -0.459 e. The zero-order valence-electron chi connectivity index (χ0n) is 16.8. The highest BCUT2D eigenvalue weighted by molar-refractivity contribution is 7.09. The highest BCUT2D eigenvalue weighted by Gasteiger charge is 2.12. The number of aromatic nitrogens is 3. The molecule has 8 heteroatoms. The van der Waals surface area contributed by atoms with Crippen molar-refractivity contribution in [3.05, 3.63) is 70.1 Å². The van der Waals surface area contributed by atoms with Gasteiger partial charge < -0.3 is 19.2 Å². The van der Waals surface area contributed by atoms with Gasteiger partial charge in [0, 0.05) is 24.4 Å². The predicted octanol–water partition coefficient (Wildman–Crippen LogP) is 3.71. The molecule has 3 aromatic heterocycles. The van der Waals surface area contributed by atoms with E-state index in [4.69, 9.17) is 9.41 Å². The van der Waals surface area contributed by atoms with Gasteiger partial charge in [0.05, 0.1) is 13.1 Å². The van der Waals surface area contributed by atoms with Crippen molar-refractivity contribution in [2.75, 3.05) is 7.05 Å². The zero-order valence-corrected chi connectivity index (χ0v) is 17.6. The third-order valence-electron chi connectivity index (χ3n) is 4.78. The van der Waals surface area contributed by atoms with E-state index in [0.29, 0.717) is 13.1 Å². The molecule has 3 heterocycles. The molecular weight excluding hydrogens is 384 g/mol. The predicted molar refractivity (Wildman–Crippen MR) is 116 cm³/mol. The Hall–Kier alpha value is -3.13. The van der Waals surface area contributed by atoms with Gasteiger partial charge in [-0.15, -0.1) is 21.5 Å². The van der Waals surface area contributed by atoms with Crippen LogP contribution >= 0.6 is 11.3 Å². The first kappa shape index (κ1) is 19.2. The van der Waals surface area contributed by atoms with Crippen LogP contribution in [0.3, 0.4) is 0 Å². The normalized spacial score (nSPS) is 11.9. The van der Waals surface area contributed by atoms with E-state index < -0.39 is 0 Å². The van der Waals surface area contributed by atoms with Crippen molar-refractivity contribution >= 4 is 28.3 Å². The molecule has 7 nitrogen and oxygen atoms in total. The van der Waals surface area contributed by atoms with Gasteiger partial charge in [0.1, 0.15) is 23.7 Å². The van der Waals surface area contributed by atoms with Gasteiger partial charge in [0.25, 0.3) is 0 Å². The van der Waals surface area contributed by atoms with Crippen molar-refractivity contribution < 1.29 is 4.42 Å². The maximum Gasteiger partial charge on any atom is 0.194 e. The number of aryl methyl sites for hydroxylation is 1. The van der Waals surface area contributed by atoms with Crippen LogP contribution in [-0.2, 0) is 26.7 Å². The van der Waals surface area contributed by atoms with Gasteiger partial charge >= 0.3 is 0 Å². The average Bonchev–Trinajstić information content (AvgIpc) is 3.44. The number of para-hydroxylation sites is 1. The Morgan fingerprint density at radius 2 is 2.10 bits per heavy atom. The summed E-state index contributed by atoms with van der Waals surface area (Å²) in [6.45, 7) is 3.72. The number of guanidine groups is 1. The molecule has 0 saturated carbocycles. The third kappa shape index (κ3) is 4.48. The summed E-state index contributed by atoms with van der Waals surface area (Å²) in [6, 6.07) is 14.3. The second-order valence-electron chi connectivity index (χ2n) is 6.90. The van der Waals surface area contributed by atoms with E-state index in [9.17, 15) is 0 Å². The molecule has 1 aromatic carbocycles. The highest BCUT2D eigenvalue weighted by Crippen LogP contribution is 2.20. The number of hydrogen-bond donors (Lipinski definition) is 1. The third-order valence-corrected chi connectivity index (χ3v) is 5.66. The maximum atomic E-state index is 5.98. The molecule has 0 bridgehead atoms. The lowest BCUT2D eigenvalue weighted by Gasteiger charge is -2.21. The Morgan fingerprint density at radius 3 is 2.83 bits per heavy atom. The highest BCUT2D eigenvalue weighted by atomic mass is 32.1. The summed E-state index contributed by atoms with van der Waals surface area (Å²) in [7, 11) is 3.96. The van der Waals surface area contributed by atoms with Crippen LogP contribution in [0.15, 0.2) is 57.3 Å². The molecule has 0 aliphatic rings. The fourth-order valence-electron chi connectivity index (χ4n) is 3.05. The van der Waals surface area contributed by atoms with Gasteiger partial charge in [-0.25, -0.2) is 4.99 Å². The number of aliphatic imine (C=N–C) groups is 1. The second kappa shape index (κ2) is 8.48. The lowest BCUT2D eigenvalue weighted by Crippen LogP contribution is -2.38. The van der Waals surface area contributed by atoms with E-state index in [2.05, 4.69) is 50.1 Å². The summed E-state index contributed by atoms with van der Waals surface area (Å²) in [5.41, 5.74) is 0.899. The van der Waals surface area contributed by atoms with Crippen LogP contribution in [0.1, 0.15) is 22.3 Å². The Bertz CT molecular complexity index is 1080. The molecule has 0 aliphatic carbocycles. The topological polar surface area (TPSA) is 71.5 Å². The molecule has 150 valence electrons. The lowest BCUT2D eigenvalue weighted by molar-refractivity contribution is 0.411. The van der Waals surface area contributed by atoms with E-state index >= 15 is 0 Å². The fourth-order valence-corrected chi connectivity index (χ4v) is 3.69. The summed E-state index contributed by atoms with van der Waals surface area (Å²) in [5, 5.41) is 15.0. The number of thiophene rings is 1. The molecular formula is C21H24N6OS. The fraction of sp³-hybridized carbons (Fsp3) is 0.286. The Labute approximate surface area is 173 Å². The largest absolute Gasteiger partial charge is 0.459 e. The molecule has 1 N–H and O–H groups in total. The minimum atomic E-state index is 0.453. The Kier molecular flexibility index (Phi) is 5.62. The number of fused-ring (bicyclic) bond motifs is 1. The van der Waals surface area contributed by atoms with Gasteiger partial charge in [-0.2, -0.15) is 0 Å². The minimum absolute atomic E-state index is 0.453. The molecule has 0 radical (unpaired) electrons. The molecule has 4 rings (SSSR count). The smallest absolute Gasteiger partial charge is 0.194 e. The van der Waals surface area contributed by atoms with E-state index in [-0.39, 0.29) is 0 Å². The monoisotopic (exact) mass is 408 g/mol. The van der Waals surface area contributed by atoms with Crippen molar-refractivity contribution in [1.82, 2.24) is 25.0 Å². The van der Waals surface area contributed by atoms with Gasteiger partial charge in [-0.05, 0) is 30.5 Å². The molecule has 0 saturated heterocycles. The van der Waals surface area contributed by atoms with Crippen molar-refractivity contribution in [1.29, 1.82) is 0 Å². The van der Waals surface area contributed by atoms with Gasteiger partial charge in [-0.3, -0.25) is 0 Å². The Balaban J connectivity index is 1.52. The van der Waals surface area contributed by atoms with E-state index in [1.807, 2.05) is 43.8 Å². The first-order valence-corrected chi connectivity index (χ1v) is 10.3. The number of furan rings is 1. The Morgan fingerprint density at radius 1 is 1.24 bits per heavy atom. The van der Waals surface area contributed by atoms with Crippen LogP contribution in [0, 0.1) is 6.92 Å². The molecule has 0 unspecified atom stereocenters. The van der Waals surface area contributed by atoms with E-state index in [1.165, 1.54) is 4.88 Å². The molecule has 4 aromatic rings. The number of benzene rings is 1. The van der Waals surface area contributed by atoms with E-state index in [0.717, 1.165) is 40.9 Å². The summed E-state index contributed by atoms with van der Waals surface area (Å²) in [6.07, 6.45) is 0. The van der Waals surface area contributed by atoms with Crippen LogP contribution in [0.4, 0.5) is 0 Å². The molecule has 0 atom stereocenters. The number of nitrogens with one attached hydrogen (secondary N) is 1. The number of rotatable bonds is 6. The van der Waals surface area contributed by atoms with Crippen molar-refractivity contribution in [2.45, 2.75) is 26.6 Å². The van der Waals surface area contributed by atoms with Crippen LogP contribution in [0.25, 0.3) is 11.0 Å². The summed E-state index contributed by atoms with van der Waals surface area (Å²) in [4.78, 5) is 8.11. The second-order valence-corrected chi connectivity index (χ2v) is 7.93. The molecule has 0 aliphatic heterocycles. The van der Waals surface area contributed by atoms with Crippen LogP contribution < -0.4 is 5.32 Å². The van der Waals surface area contributed by atoms with Crippen molar-refractivity contribution in [3.8, 4) is 0 Å². The maximum absolute atomic E-state index is 5.98. The SMILES string of the molecule is Cc1nnc(CN=C(NCc2cccs2)N(C)Cc2cc3ccccc3o2)n1C. The van der Waals surface area contributed by atoms with Crippen LogP contribution in [0.5, 0.6) is 0 Å². The zero-order chi connectivity index (χ0) is 20.2. The van der Waals surface area contributed by atoms with E-state index in [1.54, 1.807) is 11.3 Å².